The molecule has 0 fully saturated rings. The Morgan fingerprint density at radius 1 is 0.655 bits per heavy atom. The Labute approximate surface area is 188 Å². The van der Waals surface area contributed by atoms with Gasteiger partial charge in [-0.25, -0.2) is 0 Å². The summed E-state index contributed by atoms with van der Waals surface area (Å²) >= 11 is 0. The summed E-state index contributed by atoms with van der Waals surface area (Å²) in [6.07, 6.45) is 4.46. The summed E-state index contributed by atoms with van der Waals surface area (Å²) in [6, 6.07) is 0. The van der Waals surface area contributed by atoms with Gasteiger partial charge < -0.3 is 19.8 Å². The predicted octanol–water partition coefficient (Wildman–Crippen LogP) is 4.02. The van der Waals surface area contributed by atoms with E-state index in [1.165, 1.54) is 0 Å². The van der Waals surface area contributed by atoms with Gasteiger partial charge in [0.05, 0.1) is 5.97 Å². The second kappa shape index (κ2) is 10.0. The summed E-state index contributed by atoms with van der Waals surface area (Å²) in [5.74, 6) is -2.48. The van der Waals surface area contributed by atoms with E-state index in [4.69, 9.17) is 0 Å². The molecule has 0 bridgehead atoms. The van der Waals surface area contributed by atoms with Crippen molar-refractivity contribution in [3.63, 3.8) is 0 Å². The molecule has 0 N–H and O–H groups in total. The molecule has 0 heterocycles. The first-order valence-corrected chi connectivity index (χ1v) is 11.3. The Balaban J connectivity index is 0.00000784. The number of carbonyl (C=O) groups is 2. The molecule has 5 heteroatoms. The zero-order chi connectivity index (χ0) is 22.0. The van der Waals surface area contributed by atoms with Crippen LogP contribution in [0.3, 0.4) is 0 Å². The van der Waals surface area contributed by atoms with Crippen LogP contribution < -0.4 is 10.2 Å². The van der Waals surface area contributed by atoms with Gasteiger partial charge in [0.25, 0.3) is 0 Å². The fraction of sp³-hybridized carbons (Fsp3) is 0.833. The maximum Gasteiger partial charge on any atom is 2.00 e. The molecule has 1 aliphatic rings. The standard InChI is InChI=1S/C24H42O4.Cu/c1-9-17-18(10-2)23(15-7,19(25)26)24(16-8,20(27)28)22(13-5,14-6)21(17,11-3)12-4;/h9-16H2,1-8H3,(H,25,26)(H,27,28);/q;+2/p-2. The average Bonchev–Trinajstić information content (AvgIpc) is 2.70. The van der Waals surface area contributed by atoms with Gasteiger partial charge in [-0.1, -0.05) is 66.5 Å². The fourth-order valence-corrected chi connectivity index (χ4v) is 7.97. The van der Waals surface area contributed by atoms with Crippen LogP contribution in [0.15, 0.2) is 11.1 Å². The summed E-state index contributed by atoms with van der Waals surface area (Å²) < 4.78 is 0. The Morgan fingerprint density at radius 2 is 1.10 bits per heavy atom. The van der Waals surface area contributed by atoms with Crippen molar-refractivity contribution in [2.24, 2.45) is 21.7 Å². The third-order valence-electron chi connectivity index (χ3n) is 8.80. The van der Waals surface area contributed by atoms with Gasteiger partial charge in [0.1, 0.15) is 0 Å². The molecule has 1 rings (SSSR count). The van der Waals surface area contributed by atoms with Gasteiger partial charge in [0.15, 0.2) is 0 Å². The monoisotopic (exact) mass is 455 g/mol. The van der Waals surface area contributed by atoms with Crippen molar-refractivity contribution < 1.29 is 36.9 Å². The van der Waals surface area contributed by atoms with E-state index in [2.05, 4.69) is 20.8 Å². The molecule has 0 aromatic heterocycles. The van der Waals surface area contributed by atoms with E-state index in [1.807, 2.05) is 27.7 Å². The van der Waals surface area contributed by atoms with Crippen LogP contribution in [-0.4, -0.2) is 11.9 Å². The molecule has 171 valence electrons. The number of carboxylic acids is 2. The van der Waals surface area contributed by atoms with Crippen LogP contribution in [0.2, 0.25) is 0 Å². The molecular weight excluding hydrogens is 416 g/mol. The minimum Gasteiger partial charge on any atom is -0.549 e. The second-order valence-electron chi connectivity index (χ2n) is 8.34. The molecule has 2 atom stereocenters. The zero-order valence-electron chi connectivity index (χ0n) is 19.6. The van der Waals surface area contributed by atoms with Crippen molar-refractivity contribution >= 4 is 11.9 Å². The maximum absolute atomic E-state index is 13.1. The molecule has 0 aliphatic heterocycles. The summed E-state index contributed by atoms with van der Waals surface area (Å²) in [7, 11) is 0. The molecule has 0 aromatic carbocycles. The van der Waals surface area contributed by atoms with Crippen LogP contribution in [0.1, 0.15) is 107 Å². The second-order valence-corrected chi connectivity index (χ2v) is 8.34. The van der Waals surface area contributed by atoms with Crippen molar-refractivity contribution in [3.05, 3.63) is 11.1 Å². The van der Waals surface area contributed by atoms with E-state index in [0.717, 1.165) is 30.4 Å². The van der Waals surface area contributed by atoms with Crippen LogP contribution in [0.4, 0.5) is 0 Å². The number of aliphatic carboxylic acids is 2. The van der Waals surface area contributed by atoms with Crippen LogP contribution in [0.5, 0.6) is 0 Å². The van der Waals surface area contributed by atoms with Crippen LogP contribution in [0.25, 0.3) is 0 Å². The van der Waals surface area contributed by atoms with E-state index in [-0.39, 0.29) is 35.3 Å². The summed E-state index contributed by atoms with van der Waals surface area (Å²) in [5.41, 5.74) is -2.18. The summed E-state index contributed by atoms with van der Waals surface area (Å²) in [6.45, 7) is 16.0. The van der Waals surface area contributed by atoms with Gasteiger partial charge >= 0.3 is 17.1 Å². The molecule has 1 radical (unpaired) electrons. The first kappa shape index (κ1) is 28.2. The Morgan fingerprint density at radius 3 is 1.31 bits per heavy atom. The SMILES string of the molecule is CCC1=C(CC)C(CC)(C(=O)[O-])C(CC)(C(=O)[O-])C(CC)(CC)C1(CC)CC.[Cu+2]. The summed E-state index contributed by atoms with van der Waals surface area (Å²) in [4.78, 5) is 26.0. The van der Waals surface area contributed by atoms with E-state index in [0.29, 0.717) is 19.3 Å². The number of allylic oxidation sites excluding steroid dienone is 1. The smallest absolute Gasteiger partial charge is 0.549 e. The van der Waals surface area contributed by atoms with Gasteiger partial charge in [-0.3, -0.25) is 0 Å². The van der Waals surface area contributed by atoms with Gasteiger partial charge in [-0.15, -0.1) is 0 Å². The normalized spacial score (nSPS) is 28.0. The molecule has 0 saturated heterocycles. The number of carbonyl (C=O) groups excluding carboxylic acids is 2. The van der Waals surface area contributed by atoms with Crippen molar-refractivity contribution in [2.75, 3.05) is 0 Å². The Bertz CT molecular complexity index is 631. The van der Waals surface area contributed by atoms with Crippen molar-refractivity contribution in [1.82, 2.24) is 0 Å². The number of hydrogen-bond acceptors (Lipinski definition) is 4. The van der Waals surface area contributed by atoms with Crippen LogP contribution in [-0.2, 0) is 26.7 Å². The number of rotatable bonds is 10. The molecular formula is C24H40CuO4. The molecule has 0 amide bonds. The topological polar surface area (TPSA) is 80.3 Å². The van der Waals surface area contributed by atoms with Gasteiger partial charge in [0.2, 0.25) is 0 Å². The maximum atomic E-state index is 13.1. The van der Waals surface area contributed by atoms with Crippen molar-refractivity contribution in [3.8, 4) is 0 Å². The molecule has 0 spiro atoms. The van der Waals surface area contributed by atoms with Crippen molar-refractivity contribution in [1.29, 1.82) is 0 Å². The number of carboxylic acid groups (broad SMARTS) is 2. The number of hydrogen-bond donors (Lipinski definition) is 0. The minimum absolute atomic E-state index is 0. The largest absolute Gasteiger partial charge is 2.00 e. The first-order chi connectivity index (χ1) is 13.1. The van der Waals surface area contributed by atoms with E-state index < -0.39 is 28.2 Å². The van der Waals surface area contributed by atoms with Gasteiger partial charge in [0, 0.05) is 16.8 Å². The predicted molar refractivity (Wildman–Crippen MR) is 109 cm³/mol. The molecule has 2 unspecified atom stereocenters. The van der Waals surface area contributed by atoms with Crippen molar-refractivity contribution in [2.45, 2.75) is 107 Å². The Kier molecular flexibility index (Phi) is 9.73. The third-order valence-corrected chi connectivity index (χ3v) is 8.80. The van der Waals surface area contributed by atoms with Gasteiger partial charge in [-0.05, 0) is 62.2 Å². The van der Waals surface area contributed by atoms with Gasteiger partial charge in [-0.2, -0.15) is 0 Å². The quantitative estimate of drug-likeness (QED) is 0.368. The molecule has 4 nitrogen and oxygen atoms in total. The molecule has 0 saturated carbocycles. The minimum atomic E-state index is -1.54. The van der Waals surface area contributed by atoms with E-state index in [1.54, 1.807) is 6.92 Å². The third kappa shape index (κ3) is 2.97. The Hall–Kier alpha value is -0.801. The first-order valence-electron chi connectivity index (χ1n) is 11.3. The van der Waals surface area contributed by atoms with Crippen LogP contribution >= 0.6 is 0 Å². The van der Waals surface area contributed by atoms with E-state index in [9.17, 15) is 19.8 Å². The molecule has 0 aromatic rings. The summed E-state index contributed by atoms with van der Waals surface area (Å²) in [5, 5.41) is 26.0. The average molecular weight is 456 g/mol. The molecule has 1 aliphatic carbocycles. The molecule has 29 heavy (non-hydrogen) atoms. The van der Waals surface area contributed by atoms with Crippen LogP contribution in [0, 0.1) is 21.7 Å². The fourth-order valence-electron chi connectivity index (χ4n) is 7.97. The zero-order valence-corrected chi connectivity index (χ0v) is 20.5. The van der Waals surface area contributed by atoms with E-state index >= 15 is 0 Å².